The molecule has 3 aromatic carbocycles. The lowest BCUT2D eigenvalue weighted by atomic mass is 9.86. The molecule has 4 aromatic rings. The summed E-state index contributed by atoms with van der Waals surface area (Å²) in [5, 5.41) is 1.15. The molecular formula is C33H38N2O5S. The van der Waals surface area contributed by atoms with E-state index in [9.17, 15) is 13.6 Å². The maximum atomic E-state index is 13.3. The van der Waals surface area contributed by atoms with Gasteiger partial charge in [0.15, 0.2) is 0 Å². The number of aromatic amines is 1. The molecular weight excluding hydrogens is 536 g/mol. The van der Waals surface area contributed by atoms with E-state index in [1.54, 1.807) is 0 Å². The van der Waals surface area contributed by atoms with Crippen LogP contribution in [0.15, 0.2) is 78.9 Å². The van der Waals surface area contributed by atoms with Gasteiger partial charge in [-0.3, -0.25) is 18.4 Å². The fourth-order valence-corrected chi connectivity index (χ4v) is 6.53. The number of hydrogen-bond acceptors (Lipinski definition) is 5. The monoisotopic (exact) mass is 574 g/mol. The Balaban J connectivity index is 1.48. The largest absolute Gasteiger partial charge is 0.469 e. The van der Waals surface area contributed by atoms with Crippen LogP contribution >= 0.6 is 0 Å². The average Bonchev–Trinajstić information content (AvgIpc) is 3.36. The number of carbonyl (C=O) groups is 1. The average molecular weight is 575 g/mol. The molecule has 0 saturated carbocycles. The van der Waals surface area contributed by atoms with Gasteiger partial charge in [-0.05, 0) is 61.3 Å². The highest BCUT2D eigenvalue weighted by Crippen LogP contribution is 2.37. The molecule has 8 heteroatoms. The quantitative estimate of drug-likeness (QED) is 0.176. The summed E-state index contributed by atoms with van der Waals surface area (Å²) >= 11 is -2.39. The summed E-state index contributed by atoms with van der Waals surface area (Å²) in [4.78, 5) is 19.3. The van der Waals surface area contributed by atoms with Crippen molar-refractivity contribution in [2.75, 3.05) is 20.2 Å². The third kappa shape index (κ3) is 7.32. The number of H-pyrrole nitrogens is 1. The van der Waals surface area contributed by atoms with Gasteiger partial charge >= 0.3 is 17.3 Å². The lowest BCUT2D eigenvalue weighted by molar-refractivity contribution is -0.143. The Kier molecular flexibility index (Phi) is 9.67. The number of para-hydroxylation sites is 1. The Hall–Kier alpha value is -3.30. The van der Waals surface area contributed by atoms with Crippen molar-refractivity contribution in [3.63, 3.8) is 0 Å². The molecule has 1 aliphatic heterocycles. The molecule has 41 heavy (non-hydrogen) atoms. The number of methoxy groups -OCH3 is 1. The first-order chi connectivity index (χ1) is 19.9. The van der Waals surface area contributed by atoms with Crippen molar-refractivity contribution in [2.24, 2.45) is 5.92 Å². The highest BCUT2D eigenvalue weighted by atomic mass is 32.2. The van der Waals surface area contributed by atoms with E-state index in [1.807, 2.05) is 49.4 Å². The number of rotatable bonds is 9. The number of benzene rings is 3. The lowest BCUT2D eigenvalue weighted by Crippen LogP contribution is -2.32. The second kappa shape index (κ2) is 13.6. The van der Waals surface area contributed by atoms with Crippen molar-refractivity contribution in [3.05, 3.63) is 107 Å². The molecule has 0 radical (unpaired) electrons. The maximum absolute atomic E-state index is 13.3. The molecule has 5 rings (SSSR count). The lowest BCUT2D eigenvalue weighted by Gasteiger charge is -2.29. The van der Waals surface area contributed by atoms with E-state index in [2.05, 4.69) is 46.3 Å². The summed E-state index contributed by atoms with van der Waals surface area (Å²) in [5.74, 6) is -0.569. The molecule has 0 amide bonds. The van der Waals surface area contributed by atoms with Crippen LogP contribution in [-0.4, -0.2) is 44.8 Å². The fraction of sp³-hybridized carbons (Fsp3) is 0.364. The number of nitrogens with zero attached hydrogens (tertiary/aromatic N) is 1. The first kappa shape index (κ1) is 29.2. The predicted octanol–water partition coefficient (Wildman–Crippen LogP) is 6.47. The zero-order valence-corrected chi connectivity index (χ0v) is 24.4. The molecule has 2 heterocycles. The van der Waals surface area contributed by atoms with Gasteiger partial charge in [0, 0.05) is 36.2 Å². The molecule has 1 aliphatic rings. The SMILES string of the molecule is COC(=O)C1CC(CCC(OS(=O)O)c2ccc(C)cc2)CN(Cc2ccccc2)CCc2c1[nH]c1ccccc21. The predicted molar refractivity (Wildman–Crippen MR) is 162 cm³/mol. The van der Waals surface area contributed by atoms with Gasteiger partial charge in [0.25, 0.3) is 0 Å². The molecule has 2 N–H and O–H groups in total. The summed E-state index contributed by atoms with van der Waals surface area (Å²) < 4.78 is 32.1. The van der Waals surface area contributed by atoms with Crippen LogP contribution in [-0.2, 0) is 38.0 Å². The van der Waals surface area contributed by atoms with Crippen molar-refractivity contribution in [1.29, 1.82) is 0 Å². The third-order valence-corrected chi connectivity index (χ3v) is 8.57. The molecule has 1 aromatic heterocycles. The summed E-state index contributed by atoms with van der Waals surface area (Å²) in [5.41, 5.74) is 6.35. The van der Waals surface area contributed by atoms with Crippen LogP contribution in [0.4, 0.5) is 0 Å². The zero-order valence-electron chi connectivity index (χ0n) is 23.6. The number of fused-ring (bicyclic) bond motifs is 3. The van der Waals surface area contributed by atoms with Crippen LogP contribution in [0.5, 0.6) is 0 Å². The Morgan fingerprint density at radius 3 is 2.54 bits per heavy atom. The van der Waals surface area contributed by atoms with Gasteiger partial charge in [-0.25, -0.2) is 0 Å². The van der Waals surface area contributed by atoms with E-state index in [4.69, 9.17) is 8.92 Å². The Morgan fingerprint density at radius 1 is 1.07 bits per heavy atom. The highest BCUT2D eigenvalue weighted by molar-refractivity contribution is 7.74. The number of hydrogen-bond donors (Lipinski definition) is 2. The summed E-state index contributed by atoms with van der Waals surface area (Å²) in [6.07, 6.45) is 2.14. The van der Waals surface area contributed by atoms with Crippen molar-refractivity contribution < 1.29 is 22.5 Å². The van der Waals surface area contributed by atoms with Gasteiger partial charge in [-0.2, -0.15) is 4.21 Å². The minimum absolute atomic E-state index is 0.115. The van der Waals surface area contributed by atoms with Crippen LogP contribution in [0.3, 0.4) is 0 Å². The van der Waals surface area contributed by atoms with Crippen LogP contribution in [0.2, 0.25) is 0 Å². The number of aromatic nitrogens is 1. The first-order valence-corrected chi connectivity index (χ1v) is 15.2. The standard InChI is InChI=1S/C33H38N2O5S/c1-23-12-15-26(16-13-23)31(40-41(37)38)17-14-25-20-29(33(36)39-2)32-28(27-10-6-7-11-30(27)34-32)18-19-35(22-25)21-24-8-4-3-5-9-24/h3-13,15-16,25,29,31,34H,14,17-22H2,1-2H3,(H,37,38). The van der Waals surface area contributed by atoms with Gasteiger partial charge in [0.05, 0.1) is 13.0 Å². The number of esters is 1. The molecule has 0 bridgehead atoms. The van der Waals surface area contributed by atoms with Crippen LogP contribution in [0.1, 0.15) is 59.2 Å². The summed E-state index contributed by atoms with van der Waals surface area (Å²) in [6.45, 7) is 4.43. The highest BCUT2D eigenvalue weighted by Gasteiger charge is 2.33. The third-order valence-electron chi connectivity index (χ3n) is 8.18. The molecule has 4 unspecified atom stereocenters. The molecule has 7 nitrogen and oxygen atoms in total. The van der Waals surface area contributed by atoms with E-state index in [1.165, 1.54) is 18.2 Å². The van der Waals surface area contributed by atoms with Gasteiger partial charge in [0.1, 0.15) is 6.10 Å². The molecule has 4 atom stereocenters. The molecule has 216 valence electrons. The van der Waals surface area contributed by atoms with Gasteiger partial charge < -0.3 is 9.72 Å². The zero-order chi connectivity index (χ0) is 28.8. The number of aryl methyl sites for hydroxylation is 1. The van der Waals surface area contributed by atoms with Crippen molar-refractivity contribution in [2.45, 2.75) is 51.2 Å². The van der Waals surface area contributed by atoms with E-state index >= 15 is 0 Å². The fourth-order valence-electron chi connectivity index (χ4n) is 6.13. The van der Waals surface area contributed by atoms with Crippen LogP contribution < -0.4 is 0 Å². The van der Waals surface area contributed by atoms with E-state index in [-0.39, 0.29) is 11.9 Å². The van der Waals surface area contributed by atoms with E-state index in [0.717, 1.165) is 53.8 Å². The van der Waals surface area contributed by atoms with Gasteiger partial charge in [0.2, 0.25) is 0 Å². The summed E-state index contributed by atoms with van der Waals surface area (Å²) in [6, 6.07) is 26.5. The van der Waals surface area contributed by atoms with E-state index in [0.29, 0.717) is 19.3 Å². The Bertz CT molecular complexity index is 1470. The van der Waals surface area contributed by atoms with Gasteiger partial charge in [-0.1, -0.05) is 78.4 Å². The first-order valence-electron chi connectivity index (χ1n) is 14.2. The summed E-state index contributed by atoms with van der Waals surface area (Å²) in [7, 11) is 1.45. The van der Waals surface area contributed by atoms with Crippen LogP contribution in [0, 0.1) is 12.8 Å². The number of carbonyl (C=O) groups excluding carboxylic acids is 1. The van der Waals surface area contributed by atoms with Crippen molar-refractivity contribution >= 4 is 28.2 Å². The smallest absolute Gasteiger partial charge is 0.314 e. The molecule has 0 spiro atoms. The molecule has 0 fully saturated rings. The Labute approximate surface area is 244 Å². The topological polar surface area (TPSA) is 91.9 Å². The normalized spacial score (nSPS) is 19.5. The van der Waals surface area contributed by atoms with Crippen molar-refractivity contribution in [1.82, 2.24) is 9.88 Å². The van der Waals surface area contributed by atoms with Crippen molar-refractivity contribution in [3.8, 4) is 0 Å². The van der Waals surface area contributed by atoms with Crippen LogP contribution in [0.25, 0.3) is 10.9 Å². The minimum atomic E-state index is -2.39. The minimum Gasteiger partial charge on any atom is -0.469 e. The number of nitrogens with one attached hydrogen (secondary N) is 1. The number of ether oxygens (including phenoxy) is 1. The molecule has 0 aliphatic carbocycles. The van der Waals surface area contributed by atoms with Gasteiger partial charge in [-0.15, -0.1) is 0 Å². The molecule has 0 saturated heterocycles. The second-order valence-electron chi connectivity index (χ2n) is 11.0. The maximum Gasteiger partial charge on any atom is 0.314 e. The second-order valence-corrected chi connectivity index (χ2v) is 11.6. The van der Waals surface area contributed by atoms with E-state index < -0.39 is 23.4 Å². The Morgan fingerprint density at radius 2 is 1.80 bits per heavy atom.